The quantitative estimate of drug-likeness (QED) is 0.802. The molecule has 3 nitrogen and oxygen atoms in total. The van der Waals surface area contributed by atoms with Gasteiger partial charge in [0.05, 0.1) is 0 Å². The molecule has 0 bridgehead atoms. The fourth-order valence-electron chi connectivity index (χ4n) is 2.03. The third kappa shape index (κ3) is 1.80. The third-order valence-corrected chi connectivity index (χ3v) is 2.90. The van der Waals surface area contributed by atoms with Crippen molar-refractivity contribution in [2.75, 3.05) is 12.5 Å². The number of ether oxygens (including phenoxy) is 2. The normalized spacial score (nSPS) is 12.7. The van der Waals surface area contributed by atoms with Crippen LogP contribution in [-0.4, -0.2) is 6.79 Å². The van der Waals surface area contributed by atoms with Crippen LogP contribution in [0.5, 0.6) is 11.5 Å². The molecular weight excluding hydrogens is 214 g/mol. The number of anilines is 1. The number of nitrogens with two attached hydrogens (primary N) is 1. The third-order valence-electron chi connectivity index (χ3n) is 2.90. The van der Waals surface area contributed by atoms with Crippen LogP contribution in [0.3, 0.4) is 0 Å². The van der Waals surface area contributed by atoms with Gasteiger partial charge in [-0.3, -0.25) is 0 Å². The summed E-state index contributed by atoms with van der Waals surface area (Å²) in [4.78, 5) is 0. The summed E-state index contributed by atoms with van der Waals surface area (Å²) >= 11 is 0. The molecule has 1 heterocycles. The van der Waals surface area contributed by atoms with E-state index in [2.05, 4.69) is 12.1 Å². The zero-order chi connectivity index (χ0) is 11.7. The number of nitrogen functional groups attached to an aromatic ring is 1. The zero-order valence-electron chi connectivity index (χ0n) is 9.35. The summed E-state index contributed by atoms with van der Waals surface area (Å²) in [6.45, 7) is 0.278. The first kappa shape index (κ1) is 10.0. The average molecular weight is 227 g/mol. The Kier molecular flexibility index (Phi) is 2.37. The van der Waals surface area contributed by atoms with Gasteiger partial charge >= 0.3 is 0 Å². The fourth-order valence-corrected chi connectivity index (χ4v) is 2.03. The van der Waals surface area contributed by atoms with E-state index in [1.807, 2.05) is 30.3 Å². The van der Waals surface area contributed by atoms with Gasteiger partial charge in [-0.1, -0.05) is 30.3 Å². The summed E-state index contributed by atoms with van der Waals surface area (Å²) in [5.41, 5.74) is 8.97. The van der Waals surface area contributed by atoms with E-state index in [0.29, 0.717) is 0 Å². The molecule has 0 unspecified atom stereocenters. The number of fused-ring (bicyclic) bond motifs is 1. The van der Waals surface area contributed by atoms with Gasteiger partial charge in [-0.15, -0.1) is 0 Å². The van der Waals surface area contributed by atoms with Crippen molar-refractivity contribution >= 4 is 5.69 Å². The van der Waals surface area contributed by atoms with Crippen LogP contribution in [0.4, 0.5) is 5.69 Å². The molecule has 0 radical (unpaired) electrons. The second kappa shape index (κ2) is 4.01. The van der Waals surface area contributed by atoms with E-state index >= 15 is 0 Å². The molecule has 0 aliphatic carbocycles. The van der Waals surface area contributed by atoms with Crippen molar-refractivity contribution in [1.82, 2.24) is 0 Å². The molecule has 2 aromatic rings. The van der Waals surface area contributed by atoms with Crippen molar-refractivity contribution in [3.05, 3.63) is 53.6 Å². The Morgan fingerprint density at radius 2 is 1.82 bits per heavy atom. The van der Waals surface area contributed by atoms with Crippen molar-refractivity contribution in [2.24, 2.45) is 0 Å². The minimum atomic E-state index is 0.278. The summed E-state index contributed by atoms with van der Waals surface area (Å²) in [5.74, 6) is 1.57. The van der Waals surface area contributed by atoms with Crippen LogP contribution in [0.2, 0.25) is 0 Å². The van der Waals surface area contributed by atoms with Gasteiger partial charge in [0.15, 0.2) is 11.5 Å². The molecule has 3 rings (SSSR count). The predicted octanol–water partition coefficient (Wildman–Crippen LogP) is 2.59. The van der Waals surface area contributed by atoms with Gasteiger partial charge in [0.1, 0.15) is 0 Å². The van der Waals surface area contributed by atoms with E-state index in [1.165, 1.54) is 5.56 Å². The monoisotopic (exact) mass is 227 g/mol. The van der Waals surface area contributed by atoms with Crippen molar-refractivity contribution in [3.8, 4) is 11.5 Å². The summed E-state index contributed by atoms with van der Waals surface area (Å²) in [6.07, 6.45) is 0.763. The summed E-state index contributed by atoms with van der Waals surface area (Å²) < 4.78 is 10.8. The lowest BCUT2D eigenvalue weighted by atomic mass is 10.0. The van der Waals surface area contributed by atoms with Gasteiger partial charge in [0.25, 0.3) is 0 Å². The molecular formula is C14H13NO2. The second-order valence-corrected chi connectivity index (χ2v) is 4.03. The molecule has 0 saturated carbocycles. The van der Waals surface area contributed by atoms with Crippen molar-refractivity contribution in [1.29, 1.82) is 0 Å². The average Bonchev–Trinajstić information content (AvgIpc) is 2.83. The topological polar surface area (TPSA) is 44.5 Å². The van der Waals surface area contributed by atoms with E-state index in [0.717, 1.165) is 29.2 Å². The Bertz CT molecular complexity index is 537. The molecule has 0 aromatic heterocycles. The molecule has 0 fully saturated rings. The standard InChI is InChI=1S/C14H13NO2/c15-12-6-7-13-14(17-9-16-13)11(12)8-10-4-2-1-3-5-10/h1-7H,8-9,15H2. The molecule has 17 heavy (non-hydrogen) atoms. The lowest BCUT2D eigenvalue weighted by Gasteiger charge is -2.09. The lowest BCUT2D eigenvalue weighted by molar-refractivity contribution is 0.173. The molecule has 0 saturated heterocycles. The van der Waals surface area contributed by atoms with Crippen LogP contribution < -0.4 is 15.2 Å². The predicted molar refractivity (Wildman–Crippen MR) is 66.2 cm³/mol. The van der Waals surface area contributed by atoms with Gasteiger partial charge in [-0.05, 0) is 17.7 Å². The Morgan fingerprint density at radius 1 is 1.00 bits per heavy atom. The van der Waals surface area contributed by atoms with Crippen molar-refractivity contribution in [2.45, 2.75) is 6.42 Å². The highest BCUT2D eigenvalue weighted by molar-refractivity contribution is 5.62. The molecule has 2 N–H and O–H groups in total. The van der Waals surface area contributed by atoms with Crippen LogP contribution in [0.25, 0.3) is 0 Å². The van der Waals surface area contributed by atoms with Crippen LogP contribution >= 0.6 is 0 Å². The van der Waals surface area contributed by atoms with E-state index in [4.69, 9.17) is 15.2 Å². The minimum Gasteiger partial charge on any atom is -0.454 e. The first-order chi connectivity index (χ1) is 8.34. The Balaban J connectivity index is 2.01. The van der Waals surface area contributed by atoms with Gasteiger partial charge < -0.3 is 15.2 Å². The van der Waals surface area contributed by atoms with E-state index in [-0.39, 0.29) is 6.79 Å². The van der Waals surface area contributed by atoms with Crippen molar-refractivity contribution < 1.29 is 9.47 Å². The number of hydrogen-bond acceptors (Lipinski definition) is 3. The van der Waals surface area contributed by atoms with Crippen LogP contribution in [0.1, 0.15) is 11.1 Å². The maximum atomic E-state index is 6.01. The molecule has 1 aliphatic rings. The van der Waals surface area contributed by atoms with Gasteiger partial charge in [-0.2, -0.15) is 0 Å². The highest BCUT2D eigenvalue weighted by Gasteiger charge is 2.19. The second-order valence-electron chi connectivity index (χ2n) is 4.03. The molecule has 86 valence electrons. The van der Waals surface area contributed by atoms with E-state index < -0.39 is 0 Å². The summed E-state index contributed by atoms with van der Waals surface area (Å²) in [7, 11) is 0. The van der Waals surface area contributed by atoms with Crippen LogP contribution in [-0.2, 0) is 6.42 Å². The number of hydrogen-bond donors (Lipinski definition) is 1. The fraction of sp³-hybridized carbons (Fsp3) is 0.143. The number of rotatable bonds is 2. The van der Waals surface area contributed by atoms with E-state index in [9.17, 15) is 0 Å². The first-order valence-electron chi connectivity index (χ1n) is 5.55. The first-order valence-corrected chi connectivity index (χ1v) is 5.55. The Hall–Kier alpha value is -2.16. The zero-order valence-corrected chi connectivity index (χ0v) is 9.35. The molecule has 2 aromatic carbocycles. The van der Waals surface area contributed by atoms with Gasteiger partial charge in [-0.25, -0.2) is 0 Å². The molecule has 3 heteroatoms. The smallest absolute Gasteiger partial charge is 0.231 e. The SMILES string of the molecule is Nc1ccc2c(c1Cc1ccccc1)OCO2. The van der Waals surface area contributed by atoms with Gasteiger partial charge in [0.2, 0.25) is 6.79 Å². The lowest BCUT2D eigenvalue weighted by Crippen LogP contribution is -1.98. The highest BCUT2D eigenvalue weighted by Crippen LogP contribution is 2.39. The number of benzene rings is 2. The maximum Gasteiger partial charge on any atom is 0.231 e. The highest BCUT2D eigenvalue weighted by atomic mass is 16.7. The molecule has 0 amide bonds. The Morgan fingerprint density at radius 3 is 2.65 bits per heavy atom. The summed E-state index contributed by atoms with van der Waals surface area (Å²) in [6, 6.07) is 13.9. The molecule has 0 atom stereocenters. The van der Waals surface area contributed by atoms with Crippen molar-refractivity contribution in [3.63, 3.8) is 0 Å². The summed E-state index contributed by atoms with van der Waals surface area (Å²) in [5, 5.41) is 0. The Labute approximate surface area is 99.8 Å². The molecule has 1 aliphatic heterocycles. The van der Waals surface area contributed by atoms with E-state index in [1.54, 1.807) is 0 Å². The molecule has 0 spiro atoms. The van der Waals surface area contributed by atoms with Crippen LogP contribution in [0, 0.1) is 0 Å². The van der Waals surface area contributed by atoms with Gasteiger partial charge in [0, 0.05) is 17.7 Å². The maximum absolute atomic E-state index is 6.01. The van der Waals surface area contributed by atoms with Crippen LogP contribution in [0.15, 0.2) is 42.5 Å². The largest absolute Gasteiger partial charge is 0.454 e. The minimum absolute atomic E-state index is 0.278.